The third-order valence-electron chi connectivity index (χ3n) is 3.08. The fourth-order valence-corrected chi connectivity index (χ4v) is 3.22. The van der Waals surface area contributed by atoms with Gasteiger partial charge in [-0.15, -0.1) is 11.8 Å². The van der Waals surface area contributed by atoms with Crippen molar-refractivity contribution < 1.29 is 0 Å². The Morgan fingerprint density at radius 3 is 2.74 bits per heavy atom. The Morgan fingerprint density at radius 2 is 1.95 bits per heavy atom. The summed E-state index contributed by atoms with van der Waals surface area (Å²) >= 11 is 7.83. The summed E-state index contributed by atoms with van der Waals surface area (Å²) in [7, 11) is 0. The average Bonchev–Trinajstić information content (AvgIpc) is 2.46. The first-order valence-electron chi connectivity index (χ1n) is 5.97. The largest absolute Gasteiger partial charge is 0.256 e. The molecule has 0 spiro atoms. The summed E-state index contributed by atoms with van der Waals surface area (Å²) in [5.41, 5.74) is 3.37. The molecule has 0 amide bonds. The molecule has 0 aliphatic rings. The van der Waals surface area contributed by atoms with E-state index in [0.29, 0.717) is 0 Å². The zero-order valence-electron chi connectivity index (χ0n) is 10.4. The number of pyridine rings is 1. The molecule has 2 aromatic carbocycles. The standard InChI is InChI=1S/C16H12ClNS/c1-19-16-13(11-4-2-5-12(17)10-11)7-8-15-14(16)6-3-9-18-15/h2-10H,1H3. The molecule has 0 fully saturated rings. The molecule has 3 rings (SSSR count). The van der Waals surface area contributed by atoms with Gasteiger partial charge in [0.1, 0.15) is 0 Å². The van der Waals surface area contributed by atoms with Gasteiger partial charge in [0.25, 0.3) is 0 Å². The molecule has 0 N–H and O–H groups in total. The second-order valence-corrected chi connectivity index (χ2v) is 5.48. The lowest BCUT2D eigenvalue weighted by molar-refractivity contribution is 1.38. The molecule has 1 nitrogen and oxygen atoms in total. The quantitative estimate of drug-likeness (QED) is 0.594. The van der Waals surface area contributed by atoms with Gasteiger partial charge in [0.15, 0.2) is 0 Å². The molecule has 0 atom stereocenters. The van der Waals surface area contributed by atoms with Crippen LogP contribution in [0.5, 0.6) is 0 Å². The zero-order chi connectivity index (χ0) is 13.2. The fourth-order valence-electron chi connectivity index (χ4n) is 2.23. The molecule has 3 heteroatoms. The zero-order valence-corrected chi connectivity index (χ0v) is 12.0. The molecular weight excluding hydrogens is 274 g/mol. The van der Waals surface area contributed by atoms with Crippen molar-refractivity contribution in [2.75, 3.05) is 6.26 Å². The van der Waals surface area contributed by atoms with Gasteiger partial charge in [-0.3, -0.25) is 4.98 Å². The van der Waals surface area contributed by atoms with Gasteiger partial charge in [0.05, 0.1) is 5.52 Å². The summed E-state index contributed by atoms with van der Waals surface area (Å²) in [5, 5.41) is 1.95. The maximum Gasteiger partial charge on any atom is 0.0713 e. The van der Waals surface area contributed by atoms with E-state index < -0.39 is 0 Å². The number of nitrogens with zero attached hydrogens (tertiary/aromatic N) is 1. The summed E-state index contributed by atoms with van der Waals surface area (Å²) in [6.07, 6.45) is 3.92. The maximum atomic E-state index is 6.09. The molecule has 1 heterocycles. The van der Waals surface area contributed by atoms with E-state index in [0.717, 1.165) is 16.1 Å². The van der Waals surface area contributed by atoms with E-state index in [1.165, 1.54) is 15.8 Å². The Morgan fingerprint density at radius 1 is 1.05 bits per heavy atom. The van der Waals surface area contributed by atoms with Crippen molar-refractivity contribution in [3.63, 3.8) is 0 Å². The van der Waals surface area contributed by atoms with E-state index in [1.54, 1.807) is 11.8 Å². The lowest BCUT2D eigenvalue weighted by Crippen LogP contribution is -1.86. The van der Waals surface area contributed by atoms with Crippen molar-refractivity contribution in [3.8, 4) is 11.1 Å². The van der Waals surface area contributed by atoms with Gasteiger partial charge in [-0.25, -0.2) is 0 Å². The number of hydrogen-bond donors (Lipinski definition) is 0. The molecule has 0 saturated heterocycles. The Labute approximate surface area is 121 Å². The highest BCUT2D eigenvalue weighted by atomic mass is 35.5. The highest BCUT2D eigenvalue weighted by molar-refractivity contribution is 7.99. The first-order valence-corrected chi connectivity index (χ1v) is 7.57. The second-order valence-electron chi connectivity index (χ2n) is 4.23. The molecular formula is C16H12ClNS. The topological polar surface area (TPSA) is 12.9 Å². The Balaban J connectivity index is 2.29. The van der Waals surface area contributed by atoms with E-state index in [4.69, 9.17) is 11.6 Å². The van der Waals surface area contributed by atoms with Crippen LogP contribution in [0.4, 0.5) is 0 Å². The highest BCUT2D eigenvalue weighted by Gasteiger charge is 2.09. The van der Waals surface area contributed by atoms with Crippen molar-refractivity contribution in [1.82, 2.24) is 4.98 Å². The van der Waals surface area contributed by atoms with Crippen molar-refractivity contribution >= 4 is 34.3 Å². The van der Waals surface area contributed by atoms with E-state index >= 15 is 0 Å². The molecule has 0 aliphatic heterocycles. The van der Waals surface area contributed by atoms with Gasteiger partial charge in [-0.05, 0) is 41.6 Å². The third kappa shape index (κ3) is 2.34. The molecule has 0 aliphatic carbocycles. The van der Waals surface area contributed by atoms with Crippen LogP contribution in [0, 0.1) is 0 Å². The summed E-state index contributed by atoms with van der Waals surface area (Å²) in [5.74, 6) is 0. The van der Waals surface area contributed by atoms with Gasteiger partial charge in [0.2, 0.25) is 0 Å². The number of hydrogen-bond acceptors (Lipinski definition) is 2. The maximum absolute atomic E-state index is 6.09. The van der Waals surface area contributed by atoms with E-state index in [-0.39, 0.29) is 0 Å². The van der Waals surface area contributed by atoms with Crippen molar-refractivity contribution in [2.45, 2.75) is 4.90 Å². The number of rotatable bonds is 2. The predicted molar refractivity (Wildman–Crippen MR) is 84.0 cm³/mol. The minimum Gasteiger partial charge on any atom is -0.256 e. The summed E-state index contributed by atoms with van der Waals surface area (Å²) < 4.78 is 0. The number of benzene rings is 2. The number of halogens is 1. The molecule has 0 radical (unpaired) electrons. The van der Waals surface area contributed by atoms with Gasteiger partial charge in [-0.2, -0.15) is 0 Å². The highest BCUT2D eigenvalue weighted by Crippen LogP contribution is 2.36. The van der Waals surface area contributed by atoms with Gasteiger partial charge in [-0.1, -0.05) is 35.9 Å². The minimum atomic E-state index is 0.760. The van der Waals surface area contributed by atoms with Crippen LogP contribution in [0.15, 0.2) is 59.6 Å². The van der Waals surface area contributed by atoms with Crippen LogP contribution in [0.25, 0.3) is 22.0 Å². The number of thioether (sulfide) groups is 1. The van der Waals surface area contributed by atoms with E-state index in [9.17, 15) is 0 Å². The second kappa shape index (κ2) is 5.24. The van der Waals surface area contributed by atoms with Crippen molar-refractivity contribution in [1.29, 1.82) is 0 Å². The van der Waals surface area contributed by atoms with Crippen LogP contribution < -0.4 is 0 Å². The molecule has 0 saturated carbocycles. The molecule has 19 heavy (non-hydrogen) atoms. The van der Waals surface area contributed by atoms with Gasteiger partial charge in [0, 0.05) is 21.5 Å². The van der Waals surface area contributed by atoms with E-state index in [2.05, 4.69) is 35.5 Å². The Bertz CT molecular complexity index is 740. The van der Waals surface area contributed by atoms with Crippen LogP contribution in [-0.4, -0.2) is 11.2 Å². The minimum absolute atomic E-state index is 0.760. The first-order chi connectivity index (χ1) is 9.29. The lowest BCUT2D eigenvalue weighted by atomic mass is 10.0. The predicted octanol–water partition coefficient (Wildman–Crippen LogP) is 5.28. The van der Waals surface area contributed by atoms with Crippen molar-refractivity contribution in [2.24, 2.45) is 0 Å². The Hall–Kier alpha value is -1.51. The first kappa shape index (κ1) is 12.5. The Kier molecular flexibility index (Phi) is 3.45. The molecule has 0 unspecified atom stereocenters. The molecule has 0 bridgehead atoms. The molecule has 1 aromatic heterocycles. The van der Waals surface area contributed by atoms with Crippen molar-refractivity contribution in [3.05, 3.63) is 59.8 Å². The van der Waals surface area contributed by atoms with Gasteiger partial charge >= 0.3 is 0 Å². The third-order valence-corrected chi connectivity index (χ3v) is 4.16. The monoisotopic (exact) mass is 285 g/mol. The molecule has 94 valence electrons. The smallest absolute Gasteiger partial charge is 0.0713 e. The van der Waals surface area contributed by atoms with Crippen LogP contribution in [-0.2, 0) is 0 Å². The van der Waals surface area contributed by atoms with Gasteiger partial charge < -0.3 is 0 Å². The lowest BCUT2D eigenvalue weighted by Gasteiger charge is -2.11. The number of fused-ring (bicyclic) bond motifs is 1. The van der Waals surface area contributed by atoms with Crippen LogP contribution >= 0.6 is 23.4 Å². The van der Waals surface area contributed by atoms with Crippen LogP contribution in [0.1, 0.15) is 0 Å². The summed E-state index contributed by atoms with van der Waals surface area (Å²) in [4.78, 5) is 5.65. The van der Waals surface area contributed by atoms with Crippen LogP contribution in [0.3, 0.4) is 0 Å². The van der Waals surface area contributed by atoms with E-state index in [1.807, 2.05) is 30.5 Å². The average molecular weight is 286 g/mol. The fraction of sp³-hybridized carbons (Fsp3) is 0.0625. The number of aromatic nitrogens is 1. The SMILES string of the molecule is CSc1c(-c2cccc(Cl)c2)ccc2ncccc12. The normalized spacial score (nSPS) is 10.8. The molecule has 3 aromatic rings. The van der Waals surface area contributed by atoms with Crippen LogP contribution in [0.2, 0.25) is 5.02 Å². The summed E-state index contributed by atoms with van der Waals surface area (Å²) in [6, 6.07) is 16.2. The summed E-state index contributed by atoms with van der Waals surface area (Å²) in [6.45, 7) is 0.